The third-order valence-electron chi connectivity index (χ3n) is 1.40. The molecule has 9 nitrogen and oxygen atoms in total. The summed E-state index contributed by atoms with van der Waals surface area (Å²) in [6, 6.07) is 1.16. The van der Waals surface area contributed by atoms with E-state index in [1.807, 2.05) is 0 Å². The predicted octanol–water partition coefficient (Wildman–Crippen LogP) is 0.389. The second-order valence-corrected chi connectivity index (χ2v) is 4.22. The van der Waals surface area contributed by atoms with Crippen molar-refractivity contribution in [3.05, 3.63) is 24.0 Å². The van der Waals surface area contributed by atoms with Crippen LogP contribution in [-0.2, 0) is 25.6 Å². The van der Waals surface area contributed by atoms with Gasteiger partial charge in [-0.1, -0.05) is 0 Å². The van der Waals surface area contributed by atoms with Crippen molar-refractivity contribution in [2.45, 2.75) is 5.75 Å². The average Bonchev–Trinajstić information content (AvgIpc) is 2.24. The van der Waals surface area contributed by atoms with Gasteiger partial charge in [-0.3, -0.25) is 19.3 Å². The van der Waals surface area contributed by atoms with Crippen LogP contribution in [0.1, 0.15) is 5.56 Å². The Labute approximate surface area is 95.2 Å². The van der Waals surface area contributed by atoms with E-state index >= 15 is 0 Å². The number of carbonyl (C=O) groups excluding carboxylic acids is 1. The Bertz CT molecular complexity index is 498. The van der Waals surface area contributed by atoms with Gasteiger partial charge < -0.3 is 0 Å². The smallest absolute Gasteiger partial charge is 0.285 e. The van der Waals surface area contributed by atoms with Gasteiger partial charge >= 0.3 is 6.16 Å². The summed E-state index contributed by atoms with van der Waals surface area (Å²) in [6.45, 7) is 0. The largest absolute Gasteiger partial charge is 0.582 e. The molecule has 10 heteroatoms. The summed E-state index contributed by atoms with van der Waals surface area (Å²) in [4.78, 5) is 25.3. The Kier molecular flexibility index (Phi) is 4.20. The third-order valence-corrected chi connectivity index (χ3v) is 2.10. The summed E-state index contributed by atoms with van der Waals surface area (Å²) in [5, 5.41) is 7.84. The summed E-state index contributed by atoms with van der Waals surface area (Å²) >= 11 is 0. The maximum absolute atomic E-state index is 10.6. The lowest BCUT2D eigenvalue weighted by Gasteiger charge is -2.03. The molecule has 1 aromatic heterocycles. The normalized spacial score (nSPS) is 10.7. The number of nitrogens with zero attached hydrogens (tertiary/aromatic N) is 1. The van der Waals surface area contributed by atoms with Crippen LogP contribution >= 0.6 is 0 Å². The standard InChI is InChI=1S/C7H7NO8S/c9-7(14-10)16-15-6-1-5(2-8-3-6)4-17(11,12)13/h1-3,10H,4H2,(H,11,12,13). The van der Waals surface area contributed by atoms with Crippen LogP contribution in [0, 0.1) is 0 Å². The molecule has 0 saturated carbocycles. The van der Waals surface area contributed by atoms with Gasteiger partial charge in [0.25, 0.3) is 10.1 Å². The van der Waals surface area contributed by atoms with Gasteiger partial charge in [0.05, 0.1) is 6.20 Å². The first-order valence-corrected chi connectivity index (χ1v) is 5.60. The van der Waals surface area contributed by atoms with Crippen molar-refractivity contribution in [2.75, 3.05) is 0 Å². The van der Waals surface area contributed by atoms with E-state index in [0.717, 1.165) is 12.3 Å². The zero-order valence-corrected chi connectivity index (χ0v) is 8.96. The fraction of sp³-hybridized carbons (Fsp3) is 0.143. The molecule has 0 fully saturated rings. The summed E-state index contributed by atoms with van der Waals surface area (Å²) < 4.78 is 29.7. The van der Waals surface area contributed by atoms with Crippen LogP contribution in [0.15, 0.2) is 18.5 Å². The van der Waals surface area contributed by atoms with Gasteiger partial charge in [-0.25, -0.2) is 4.89 Å². The Morgan fingerprint density at radius 1 is 1.41 bits per heavy atom. The van der Waals surface area contributed by atoms with Gasteiger partial charge in [-0.2, -0.15) is 18.5 Å². The Hall–Kier alpha value is -1.91. The van der Waals surface area contributed by atoms with Crippen LogP contribution in [0.2, 0.25) is 0 Å². The van der Waals surface area contributed by atoms with Gasteiger partial charge in [0.2, 0.25) is 0 Å². The van der Waals surface area contributed by atoms with Crippen molar-refractivity contribution in [1.29, 1.82) is 0 Å². The van der Waals surface area contributed by atoms with E-state index in [1.54, 1.807) is 0 Å². The average molecular weight is 265 g/mol. The number of hydrogen-bond acceptors (Lipinski definition) is 8. The Balaban J connectivity index is 2.69. The van der Waals surface area contributed by atoms with E-state index in [2.05, 4.69) is 19.6 Å². The summed E-state index contributed by atoms with van der Waals surface area (Å²) in [5.41, 5.74) is 0.117. The van der Waals surface area contributed by atoms with E-state index in [-0.39, 0.29) is 11.3 Å². The number of aromatic nitrogens is 1. The van der Waals surface area contributed by atoms with Crippen LogP contribution in [0.25, 0.3) is 0 Å². The minimum Gasteiger partial charge on any atom is -0.285 e. The number of rotatable bonds is 4. The highest BCUT2D eigenvalue weighted by molar-refractivity contribution is 7.85. The first-order chi connectivity index (χ1) is 7.90. The molecule has 0 spiro atoms. The molecule has 0 saturated heterocycles. The fourth-order valence-electron chi connectivity index (χ4n) is 0.896. The quantitative estimate of drug-likeness (QED) is 0.450. The molecule has 2 N–H and O–H groups in total. The van der Waals surface area contributed by atoms with Crippen LogP contribution < -0.4 is 4.89 Å². The monoisotopic (exact) mass is 265 g/mol. The Morgan fingerprint density at radius 3 is 2.71 bits per heavy atom. The van der Waals surface area contributed by atoms with Crippen LogP contribution in [0.3, 0.4) is 0 Å². The highest BCUT2D eigenvalue weighted by Gasteiger charge is 2.10. The van der Waals surface area contributed by atoms with Gasteiger partial charge in [-0.05, 0) is 11.6 Å². The Morgan fingerprint density at radius 2 is 2.12 bits per heavy atom. The summed E-state index contributed by atoms with van der Waals surface area (Å²) in [6.07, 6.45) is 0.772. The lowest BCUT2D eigenvalue weighted by Crippen LogP contribution is -2.08. The summed E-state index contributed by atoms with van der Waals surface area (Å²) in [5.74, 6) is -0.779. The second kappa shape index (κ2) is 5.43. The lowest BCUT2D eigenvalue weighted by molar-refractivity contribution is -0.255. The maximum atomic E-state index is 10.6. The van der Waals surface area contributed by atoms with Crippen molar-refractivity contribution in [3.8, 4) is 5.75 Å². The molecule has 0 atom stereocenters. The number of pyridine rings is 1. The van der Waals surface area contributed by atoms with Crippen molar-refractivity contribution < 1.29 is 37.7 Å². The molecule has 0 amide bonds. The minimum atomic E-state index is -4.20. The zero-order chi connectivity index (χ0) is 12.9. The van der Waals surface area contributed by atoms with E-state index in [1.165, 1.54) is 6.20 Å². The molecule has 0 unspecified atom stereocenters. The molecule has 17 heavy (non-hydrogen) atoms. The van der Waals surface area contributed by atoms with Gasteiger partial charge in [-0.15, -0.1) is 0 Å². The van der Waals surface area contributed by atoms with Gasteiger partial charge in [0.1, 0.15) is 5.75 Å². The van der Waals surface area contributed by atoms with E-state index in [9.17, 15) is 13.2 Å². The maximum Gasteiger partial charge on any atom is 0.582 e. The minimum absolute atomic E-state index is 0.114. The molecule has 0 aliphatic rings. The number of hydrogen-bond donors (Lipinski definition) is 2. The number of carbonyl (C=O) groups is 1. The molecule has 1 rings (SSSR count). The highest BCUT2D eigenvalue weighted by atomic mass is 32.2. The molecule has 0 bridgehead atoms. The van der Waals surface area contributed by atoms with Crippen LogP contribution in [0.4, 0.5) is 4.79 Å². The zero-order valence-electron chi connectivity index (χ0n) is 8.14. The molecular formula is C7H7NO8S. The molecule has 94 valence electrons. The van der Waals surface area contributed by atoms with Crippen molar-refractivity contribution >= 4 is 16.3 Å². The predicted molar refractivity (Wildman–Crippen MR) is 50.3 cm³/mol. The highest BCUT2D eigenvalue weighted by Crippen LogP contribution is 2.13. The second-order valence-electron chi connectivity index (χ2n) is 2.76. The SMILES string of the molecule is O=C(OO)OOc1cncc(CS(=O)(=O)O)c1. The lowest BCUT2D eigenvalue weighted by atomic mass is 10.3. The molecule has 1 aromatic rings. The molecule has 0 aromatic carbocycles. The van der Waals surface area contributed by atoms with Crippen LogP contribution in [-0.4, -0.2) is 29.4 Å². The topological polar surface area (TPSA) is 132 Å². The molecule has 0 radical (unpaired) electrons. The first kappa shape index (κ1) is 13.2. The first-order valence-electron chi connectivity index (χ1n) is 3.99. The van der Waals surface area contributed by atoms with Crippen molar-refractivity contribution in [3.63, 3.8) is 0 Å². The van der Waals surface area contributed by atoms with E-state index in [0.29, 0.717) is 0 Å². The molecule has 0 aliphatic heterocycles. The van der Waals surface area contributed by atoms with Crippen molar-refractivity contribution in [2.24, 2.45) is 0 Å². The van der Waals surface area contributed by atoms with Gasteiger partial charge in [0.15, 0.2) is 5.75 Å². The van der Waals surface area contributed by atoms with Crippen molar-refractivity contribution in [1.82, 2.24) is 4.98 Å². The summed E-state index contributed by atoms with van der Waals surface area (Å²) in [7, 11) is -4.20. The third kappa shape index (κ3) is 5.10. The van der Waals surface area contributed by atoms with Crippen LogP contribution in [0.5, 0.6) is 5.75 Å². The van der Waals surface area contributed by atoms with E-state index in [4.69, 9.17) is 9.81 Å². The fourth-order valence-corrected chi connectivity index (χ4v) is 1.48. The molecule has 1 heterocycles. The van der Waals surface area contributed by atoms with E-state index < -0.39 is 22.0 Å². The van der Waals surface area contributed by atoms with Gasteiger partial charge in [0, 0.05) is 6.20 Å². The molecular weight excluding hydrogens is 258 g/mol. The molecule has 0 aliphatic carbocycles.